The van der Waals surface area contributed by atoms with Crippen LogP contribution >= 0.6 is 11.8 Å². The van der Waals surface area contributed by atoms with Crippen molar-refractivity contribution in [3.63, 3.8) is 0 Å². The summed E-state index contributed by atoms with van der Waals surface area (Å²) in [7, 11) is 1.95. The topological polar surface area (TPSA) is 41.1 Å². The molecule has 1 aromatic carbocycles. The number of hydrogen-bond donors (Lipinski definition) is 2. The Kier molecular flexibility index (Phi) is 6.08. The van der Waals surface area contributed by atoms with Crippen molar-refractivity contribution < 1.29 is 4.79 Å². The molecule has 0 aromatic heterocycles. The first-order valence-corrected chi connectivity index (χ1v) is 7.87. The van der Waals surface area contributed by atoms with E-state index < -0.39 is 0 Å². The first-order valence-electron chi connectivity index (χ1n) is 6.99. The van der Waals surface area contributed by atoms with Crippen molar-refractivity contribution in [1.82, 2.24) is 10.6 Å². The minimum atomic E-state index is -0.183. The summed E-state index contributed by atoms with van der Waals surface area (Å²) in [4.78, 5) is 13.2. The monoisotopic (exact) mass is 294 g/mol. The zero-order valence-electron chi connectivity index (χ0n) is 13.3. The minimum absolute atomic E-state index is 0.0789. The number of hydrogen-bond acceptors (Lipinski definition) is 3. The first-order chi connectivity index (χ1) is 9.23. The molecule has 0 aliphatic rings. The number of carbonyl (C=O) groups excluding carboxylic acids is 1. The van der Waals surface area contributed by atoms with Gasteiger partial charge in [-0.3, -0.25) is 4.79 Å². The lowest BCUT2D eigenvalue weighted by Gasteiger charge is -2.23. The summed E-state index contributed by atoms with van der Waals surface area (Å²) in [6.07, 6.45) is 0. The fourth-order valence-corrected chi connectivity index (χ4v) is 2.60. The predicted octanol–water partition coefficient (Wildman–Crippen LogP) is 3.36. The smallest absolute Gasteiger partial charge is 0.233 e. The van der Waals surface area contributed by atoms with Crippen molar-refractivity contribution in [1.29, 1.82) is 0 Å². The molecule has 0 saturated carbocycles. The summed E-state index contributed by atoms with van der Waals surface area (Å²) in [5, 5.41) is 6.13. The number of carbonyl (C=O) groups is 1. The van der Waals surface area contributed by atoms with Gasteiger partial charge in [0.05, 0.1) is 5.25 Å². The average molecular weight is 294 g/mol. The standard InChI is InChI=1S/C16H26N2OS/c1-11(17-6)13-7-9-14(10-8-13)20-12(2)15(19)18-16(3,4)5/h7-12,17H,1-6H3,(H,18,19). The van der Waals surface area contributed by atoms with Gasteiger partial charge < -0.3 is 10.6 Å². The van der Waals surface area contributed by atoms with Crippen LogP contribution in [-0.2, 0) is 4.79 Å². The van der Waals surface area contributed by atoms with Crippen molar-refractivity contribution in [3.8, 4) is 0 Å². The van der Waals surface area contributed by atoms with Crippen LogP contribution in [0.15, 0.2) is 29.2 Å². The van der Waals surface area contributed by atoms with Gasteiger partial charge in [-0.2, -0.15) is 0 Å². The summed E-state index contributed by atoms with van der Waals surface area (Å²) in [5.74, 6) is 0.0789. The highest BCUT2D eigenvalue weighted by Crippen LogP contribution is 2.25. The maximum Gasteiger partial charge on any atom is 0.233 e. The van der Waals surface area contributed by atoms with Crippen LogP contribution in [0.3, 0.4) is 0 Å². The molecule has 0 fully saturated rings. The third-order valence-corrected chi connectivity index (χ3v) is 4.11. The second-order valence-electron chi connectivity index (χ2n) is 6.08. The fraction of sp³-hybridized carbons (Fsp3) is 0.562. The van der Waals surface area contributed by atoms with Crippen LogP contribution in [0, 0.1) is 0 Å². The molecule has 1 aromatic rings. The van der Waals surface area contributed by atoms with Crippen molar-refractivity contribution in [2.24, 2.45) is 0 Å². The van der Waals surface area contributed by atoms with E-state index in [9.17, 15) is 4.79 Å². The molecule has 2 atom stereocenters. The Hall–Kier alpha value is -1.00. The zero-order chi connectivity index (χ0) is 15.3. The van der Waals surface area contributed by atoms with Crippen LogP contribution in [0.2, 0.25) is 0 Å². The van der Waals surface area contributed by atoms with Crippen LogP contribution in [0.25, 0.3) is 0 Å². The Morgan fingerprint density at radius 1 is 1.15 bits per heavy atom. The molecule has 20 heavy (non-hydrogen) atoms. The van der Waals surface area contributed by atoms with Gasteiger partial charge >= 0.3 is 0 Å². The summed E-state index contributed by atoms with van der Waals surface area (Å²) in [5.41, 5.74) is 1.07. The van der Waals surface area contributed by atoms with Crippen LogP contribution in [0.1, 0.15) is 46.2 Å². The van der Waals surface area contributed by atoms with Gasteiger partial charge in [0.25, 0.3) is 0 Å². The molecule has 2 unspecified atom stereocenters. The molecule has 0 aliphatic heterocycles. The zero-order valence-corrected chi connectivity index (χ0v) is 14.1. The molecule has 0 heterocycles. The van der Waals surface area contributed by atoms with Crippen molar-refractivity contribution in [2.75, 3.05) is 7.05 Å². The number of rotatable bonds is 5. The highest BCUT2D eigenvalue weighted by Gasteiger charge is 2.20. The van der Waals surface area contributed by atoms with E-state index in [0.717, 1.165) is 4.90 Å². The number of thioether (sulfide) groups is 1. The number of amides is 1. The van der Waals surface area contributed by atoms with E-state index >= 15 is 0 Å². The second-order valence-corrected chi connectivity index (χ2v) is 7.49. The third kappa shape index (κ3) is 5.55. The molecule has 3 nitrogen and oxygen atoms in total. The Labute approximate surface area is 126 Å². The molecule has 1 amide bonds. The van der Waals surface area contributed by atoms with E-state index in [1.54, 1.807) is 11.8 Å². The molecule has 0 radical (unpaired) electrons. The summed E-state index contributed by atoms with van der Waals surface area (Å²) in [6.45, 7) is 10.1. The average Bonchev–Trinajstić information content (AvgIpc) is 2.36. The molecule has 0 spiro atoms. The number of benzene rings is 1. The van der Waals surface area contributed by atoms with Gasteiger partial charge in [0.2, 0.25) is 5.91 Å². The molecule has 1 rings (SSSR count). The predicted molar refractivity (Wildman–Crippen MR) is 87.1 cm³/mol. The highest BCUT2D eigenvalue weighted by molar-refractivity contribution is 8.00. The van der Waals surface area contributed by atoms with Crippen LogP contribution < -0.4 is 10.6 Å². The van der Waals surface area contributed by atoms with Crippen molar-refractivity contribution >= 4 is 17.7 Å². The normalized spacial score (nSPS) is 14.7. The van der Waals surface area contributed by atoms with E-state index in [1.165, 1.54) is 5.56 Å². The third-order valence-electron chi connectivity index (χ3n) is 2.99. The highest BCUT2D eigenvalue weighted by atomic mass is 32.2. The summed E-state index contributed by atoms with van der Waals surface area (Å²) < 4.78 is 0. The molecule has 2 N–H and O–H groups in total. The van der Waals surface area contributed by atoms with Crippen LogP contribution in [0.4, 0.5) is 0 Å². The van der Waals surface area contributed by atoms with Gasteiger partial charge in [-0.1, -0.05) is 12.1 Å². The van der Waals surface area contributed by atoms with Gasteiger partial charge in [-0.05, 0) is 59.4 Å². The lowest BCUT2D eigenvalue weighted by atomic mass is 10.1. The first kappa shape index (κ1) is 17.1. The van der Waals surface area contributed by atoms with Gasteiger partial charge in [0, 0.05) is 16.5 Å². The summed E-state index contributed by atoms with van der Waals surface area (Å²) in [6, 6.07) is 8.72. The molecule has 0 saturated heterocycles. The van der Waals surface area contributed by atoms with Crippen molar-refractivity contribution in [3.05, 3.63) is 29.8 Å². The van der Waals surface area contributed by atoms with Crippen LogP contribution in [0.5, 0.6) is 0 Å². The SMILES string of the molecule is CNC(C)c1ccc(SC(C)C(=O)NC(C)(C)C)cc1. The van der Waals surface area contributed by atoms with E-state index in [2.05, 4.69) is 41.8 Å². The maximum atomic E-state index is 12.0. The lowest BCUT2D eigenvalue weighted by Crippen LogP contribution is -2.44. The lowest BCUT2D eigenvalue weighted by molar-refractivity contribution is -0.121. The fourth-order valence-electron chi connectivity index (χ4n) is 1.73. The maximum absolute atomic E-state index is 12.0. The van der Waals surface area contributed by atoms with Crippen molar-refractivity contribution in [2.45, 2.75) is 56.3 Å². The summed E-state index contributed by atoms with van der Waals surface area (Å²) >= 11 is 1.59. The van der Waals surface area contributed by atoms with Gasteiger partial charge in [-0.25, -0.2) is 0 Å². The second kappa shape index (κ2) is 7.14. The van der Waals surface area contributed by atoms with Gasteiger partial charge in [0.1, 0.15) is 0 Å². The van der Waals surface area contributed by atoms with E-state index in [4.69, 9.17) is 0 Å². The van der Waals surface area contributed by atoms with Crippen LogP contribution in [-0.4, -0.2) is 23.7 Å². The number of nitrogens with one attached hydrogen (secondary N) is 2. The molecule has 4 heteroatoms. The van der Waals surface area contributed by atoms with E-state index in [1.807, 2.05) is 34.7 Å². The molecule has 112 valence electrons. The molecule has 0 bridgehead atoms. The van der Waals surface area contributed by atoms with Gasteiger partial charge in [-0.15, -0.1) is 11.8 Å². The minimum Gasteiger partial charge on any atom is -0.351 e. The largest absolute Gasteiger partial charge is 0.351 e. The Balaban J connectivity index is 2.62. The van der Waals surface area contributed by atoms with E-state index in [0.29, 0.717) is 6.04 Å². The Morgan fingerprint density at radius 3 is 2.15 bits per heavy atom. The molecular formula is C16H26N2OS. The molecular weight excluding hydrogens is 268 g/mol. The molecule has 0 aliphatic carbocycles. The van der Waals surface area contributed by atoms with E-state index in [-0.39, 0.29) is 16.7 Å². The quantitative estimate of drug-likeness (QED) is 0.818. The Morgan fingerprint density at radius 2 is 1.70 bits per heavy atom. The Bertz CT molecular complexity index is 437. The van der Waals surface area contributed by atoms with Gasteiger partial charge in [0.15, 0.2) is 0 Å².